The van der Waals surface area contributed by atoms with Gasteiger partial charge in [0.05, 0.1) is 5.41 Å². The summed E-state index contributed by atoms with van der Waals surface area (Å²) in [7, 11) is 0. The topological polar surface area (TPSA) is 29.1 Å². The molecule has 0 aromatic heterocycles. The van der Waals surface area contributed by atoms with E-state index in [0.717, 1.165) is 19.3 Å². The van der Waals surface area contributed by atoms with E-state index in [1.165, 1.54) is 37.7 Å². The Morgan fingerprint density at radius 1 is 1.05 bits per heavy atom. The molecule has 2 nitrogen and oxygen atoms in total. The van der Waals surface area contributed by atoms with Crippen molar-refractivity contribution in [3.05, 3.63) is 35.9 Å². The van der Waals surface area contributed by atoms with Crippen molar-refractivity contribution in [3.63, 3.8) is 0 Å². The molecule has 2 heteroatoms. The SMILES string of the molecule is C[C@H]1CCCC[C@H]1NC(=O)C1(c2ccccc2)CCCC1. The van der Waals surface area contributed by atoms with E-state index in [4.69, 9.17) is 0 Å². The lowest BCUT2D eigenvalue weighted by Gasteiger charge is -2.35. The summed E-state index contributed by atoms with van der Waals surface area (Å²) in [6.45, 7) is 2.29. The van der Waals surface area contributed by atoms with E-state index in [9.17, 15) is 4.79 Å². The van der Waals surface area contributed by atoms with E-state index in [1.807, 2.05) is 6.07 Å². The monoisotopic (exact) mass is 285 g/mol. The van der Waals surface area contributed by atoms with Crippen LogP contribution in [0.25, 0.3) is 0 Å². The van der Waals surface area contributed by atoms with Crippen LogP contribution in [0.5, 0.6) is 0 Å². The molecule has 1 N–H and O–H groups in total. The second kappa shape index (κ2) is 6.21. The number of carbonyl (C=O) groups excluding carboxylic acids is 1. The molecule has 1 aromatic carbocycles. The number of hydrogen-bond acceptors (Lipinski definition) is 1. The first-order chi connectivity index (χ1) is 10.2. The Morgan fingerprint density at radius 2 is 1.71 bits per heavy atom. The lowest BCUT2D eigenvalue weighted by Crippen LogP contribution is -2.49. The molecular formula is C19H27NO. The molecule has 2 aliphatic carbocycles. The zero-order valence-corrected chi connectivity index (χ0v) is 13.1. The quantitative estimate of drug-likeness (QED) is 0.886. The standard InChI is InChI=1S/C19H27NO/c1-15-9-5-6-12-17(15)20-18(21)19(13-7-8-14-19)16-10-3-2-4-11-16/h2-4,10-11,15,17H,5-9,12-14H2,1H3,(H,20,21)/t15-,17+/m0/s1. The minimum Gasteiger partial charge on any atom is -0.352 e. The lowest BCUT2D eigenvalue weighted by atomic mass is 9.77. The van der Waals surface area contributed by atoms with Gasteiger partial charge in [-0.15, -0.1) is 0 Å². The number of benzene rings is 1. The number of carbonyl (C=O) groups is 1. The van der Waals surface area contributed by atoms with Gasteiger partial charge < -0.3 is 5.32 Å². The van der Waals surface area contributed by atoms with Crippen LogP contribution in [0.3, 0.4) is 0 Å². The van der Waals surface area contributed by atoms with E-state index in [0.29, 0.717) is 12.0 Å². The fourth-order valence-electron chi connectivity index (χ4n) is 4.22. The molecule has 0 radical (unpaired) electrons. The van der Waals surface area contributed by atoms with Crippen molar-refractivity contribution in [2.24, 2.45) is 5.92 Å². The molecule has 114 valence electrons. The molecule has 1 aromatic rings. The summed E-state index contributed by atoms with van der Waals surface area (Å²) in [6, 6.07) is 10.8. The molecule has 0 aliphatic heterocycles. The summed E-state index contributed by atoms with van der Waals surface area (Å²) < 4.78 is 0. The Kier molecular flexibility index (Phi) is 4.32. The highest BCUT2D eigenvalue weighted by molar-refractivity contribution is 5.88. The van der Waals surface area contributed by atoms with Gasteiger partial charge in [-0.05, 0) is 37.2 Å². The second-order valence-corrected chi connectivity index (χ2v) is 7.00. The van der Waals surface area contributed by atoms with Crippen molar-refractivity contribution >= 4 is 5.91 Å². The van der Waals surface area contributed by atoms with Crippen LogP contribution in [0.4, 0.5) is 0 Å². The molecule has 2 atom stereocenters. The maximum absolute atomic E-state index is 13.1. The van der Waals surface area contributed by atoms with Crippen LogP contribution < -0.4 is 5.32 Å². The van der Waals surface area contributed by atoms with E-state index < -0.39 is 0 Å². The number of rotatable bonds is 3. The summed E-state index contributed by atoms with van der Waals surface area (Å²) in [4.78, 5) is 13.1. The highest BCUT2D eigenvalue weighted by atomic mass is 16.2. The van der Waals surface area contributed by atoms with E-state index in [1.54, 1.807) is 0 Å². The summed E-state index contributed by atoms with van der Waals surface area (Å²) in [5.74, 6) is 0.905. The molecule has 2 fully saturated rings. The predicted octanol–water partition coefficient (Wildman–Crippen LogP) is 4.19. The van der Waals surface area contributed by atoms with Crippen LogP contribution in [-0.4, -0.2) is 11.9 Å². The average Bonchev–Trinajstić information content (AvgIpc) is 3.01. The predicted molar refractivity (Wildman–Crippen MR) is 86.2 cm³/mol. The Hall–Kier alpha value is -1.31. The smallest absolute Gasteiger partial charge is 0.230 e. The zero-order valence-electron chi connectivity index (χ0n) is 13.1. The molecule has 2 aliphatic rings. The molecule has 1 amide bonds. The fraction of sp³-hybridized carbons (Fsp3) is 0.632. The van der Waals surface area contributed by atoms with Gasteiger partial charge in [0.15, 0.2) is 0 Å². The van der Waals surface area contributed by atoms with Crippen LogP contribution in [0, 0.1) is 5.92 Å². The molecule has 0 unspecified atom stereocenters. The molecule has 0 saturated heterocycles. The van der Waals surface area contributed by atoms with Crippen LogP contribution >= 0.6 is 0 Å². The van der Waals surface area contributed by atoms with Crippen LogP contribution in [0.15, 0.2) is 30.3 Å². The Bertz CT molecular complexity index is 476. The summed E-state index contributed by atoms with van der Waals surface area (Å²) in [5, 5.41) is 3.41. The van der Waals surface area contributed by atoms with Gasteiger partial charge in [0.2, 0.25) is 5.91 Å². The van der Waals surface area contributed by atoms with Gasteiger partial charge in [-0.2, -0.15) is 0 Å². The third kappa shape index (κ3) is 2.86. The van der Waals surface area contributed by atoms with Crippen molar-refractivity contribution in [1.29, 1.82) is 0 Å². The van der Waals surface area contributed by atoms with Gasteiger partial charge >= 0.3 is 0 Å². The number of amides is 1. The third-order valence-corrected chi connectivity index (χ3v) is 5.65. The van der Waals surface area contributed by atoms with Crippen LogP contribution in [-0.2, 0) is 10.2 Å². The number of nitrogens with one attached hydrogen (secondary N) is 1. The molecule has 0 heterocycles. The first-order valence-corrected chi connectivity index (χ1v) is 8.59. The van der Waals surface area contributed by atoms with E-state index in [2.05, 4.69) is 36.5 Å². The minimum atomic E-state index is -0.265. The second-order valence-electron chi connectivity index (χ2n) is 7.00. The molecule has 3 rings (SSSR count). The Morgan fingerprint density at radius 3 is 2.38 bits per heavy atom. The average molecular weight is 285 g/mol. The number of hydrogen-bond donors (Lipinski definition) is 1. The first kappa shape index (κ1) is 14.6. The van der Waals surface area contributed by atoms with Crippen molar-refractivity contribution in [2.45, 2.75) is 69.7 Å². The van der Waals surface area contributed by atoms with E-state index >= 15 is 0 Å². The van der Waals surface area contributed by atoms with Gasteiger partial charge in [0.25, 0.3) is 0 Å². The van der Waals surface area contributed by atoms with Crippen LogP contribution in [0.2, 0.25) is 0 Å². The van der Waals surface area contributed by atoms with Gasteiger partial charge in [0, 0.05) is 6.04 Å². The Balaban J connectivity index is 1.79. The molecule has 0 bridgehead atoms. The van der Waals surface area contributed by atoms with Crippen LogP contribution in [0.1, 0.15) is 63.9 Å². The van der Waals surface area contributed by atoms with Gasteiger partial charge in [-0.25, -0.2) is 0 Å². The van der Waals surface area contributed by atoms with Gasteiger partial charge in [0.1, 0.15) is 0 Å². The first-order valence-electron chi connectivity index (χ1n) is 8.59. The normalized spacial score (nSPS) is 28.2. The maximum Gasteiger partial charge on any atom is 0.230 e. The molecule has 2 saturated carbocycles. The van der Waals surface area contributed by atoms with Crippen molar-refractivity contribution in [2.75, 3.05) is 0 Å². The largest absolute Gasteiger partial charge is 0.352 e. The summed E-state index contributed by atoms with van der Waals surface area (Å²) in [6.07, 6.45) is 9.32. The van der Waals surface area contributed by atoms with Crippen molar-refractivity contribution < 1.29 is 4.79 Å². The highest BCUT2D eigenvalue weighted by Gasteiger charge is 2.43. The highest BCUT2D eigenvalue weighted by Crippen LogP contribution is 2.41. The molecule has 0 spiro atoms. The van der Waals surface area contributed by atoms with Crippen molar-refractivity contribution in [3.8, 4) is 0 Å². The van der Waals surface area contributed by atoms with E-state index in [-0.39, 0.29) is 11.3 Å². The fourth-order valence-corrected chi connectivity index (χ4v) is 4.22. The maximum atomic E-state index is 13.1. The lowest BCUT2D eigenvalue weighted by molar-refractivity contribution is -0.128. The molecule has 21 heavy (non-hydrogen) atoms. The summed E-state index contributed by atoms with van der Waals surface area (Å²) in [5.41, 5.74) is 0.946. The van der Waals surface area contributed by atoms with Gasteiger partial charge in [-0.3, -0.25) is 4.79 Å². The van der Waals surface area contributed by atoms with Crippen molar-refractivity contribution in [1.82, 2.24) is 5.32 Å². The third-order valence-electron chi connectivity index (χ3n) is 5.65. The summed E-state index contributed by atoms with van der Waals surface area (Å²) >= 11 is 0. The zero-order chi connectivity index (χ0) is 14.7. The minimum absolute atomic E-state index is 0.265. The molecular weight excluding hydrogens is 258 g/mol. The van der Waals surface area contributed by atoms with Gasteiger partial charge in [-0.1, -0.05) is 62.9 Å². The Labute approximate surface area is 128 Å².